The van der Waals surface area contributed by atoms with Gasteiger partial charge < -0.3 is 10.1 Å². The molecule has 2 atom stereocenters. The Kier molecular flexibility index (Phi) is 4.56. The standard InChI is InChI=1S/C13H20BrN3O/c1-4-7-15-13-11(14)9(3)16-12(17-13)10-6-5-8(2)18-10/h8,10H,4-7H2,1-3H3,(H,15,16,17). The number of halogens is 1. The van der Waals surface area contributed by atoms with Gasteiger partial charge in [0.15, 0.2) is 5.82 Å². The van der Waals surface area contributed by atoms with Gasteiger partial charge in [0, 0.05) is 6.54 Å². The lowest BCUT2D eigenvalue weighted by molar-refractivity contribution is 0.0502. The van der Waals surface area contributed by atoms with Crippen LogP contribution in [0.2, 0.25) is 0 Å². The average Bonchev–Trinajstić information content (AvgIpc) is 2.77. The Bertz CT molecular complexity index is 425. The zero-order valence-corrected chi connectivity index (χ0v) is 12.7. The molecule has 1 N–H and O–H groups in total. The highest BCUT2D eigenvalue weighted by molar-refractivity contribution is 9.10. The van der Waals surface area contributed by atoms with Crippen molar-refractivity contribution in [2.75, 3.05) is 11.9 Å². The van der Waals surface area contributed by atoms with Crippen LogP contribution in [-0.2, 0) is 4.74 Å². The maximum atomic E-state index is 5.83. The number of ether oxygens (including phenoxy) is 1. The van der Waals surface area contributed by atoms with Gasteiger partial charge in [0.2, 0.25) is 0 Å². The first-order valence-electron chi connectivity index (χ1n) is 6.55. The molecule has 0 amide bonds. The number of nitrogens with one attached hydrogen (secondary N) is 1. The van der Waals surface area contributed by atoms with E-state index in [9.17, 15) is 0 Å². The van der Waals surface area contributed by atoms with Crippen LogP contribution >= 0.6 is 15.9 Å². The first-order chi connectivity index (χ1) is 8.61. The van der Waals surface area contributed by atoms with Gasteiger partial charge in [-0.1, -0.05) is 6.92 Å². The molecule has 1 aromatic rings. The summed E-state index contributed by atoms with van der Waals surface area (Å²) in [5.41, 5.74) is 0.960. The van der Waals surface area contributed by atoms with E-state index >= 15 is 0 Å². The maximum Gasteiger partial charge on any atom is 0.159 e. The number of aryl methyl sites for hydroxylation is 1. The molecule has 0 aromatic carbocycles. The van der Waals surface area contributed by atoms with Gasteiger partial charge in [-0.15, -0.1) is 0 Å². The zero-order valence-electron chi connectivity index (χ0n) is 11.2. The highest BCUT2D eigenvalue weighted by Gasteiger charge is 2.26. The molecular formula is C13H20BrN3O. The second kappa shape index (κ2) is 5.97. The molecular weight excluding hydrogens is 294 g/mol. The van der Waals surface area contributed by atoms with Crippen LogP contribution in [0.1, 0.15) is 50.7 Å². The minimum Gasteiger partial charge on any atom is -0.369 e. The van der Waals surface area contributed by atoms with E-state index in [4.69, 9.17) is 4.74 Å². The first kappa shape index (κ1) is 13.7. The average molecular weight is 314 g/mol. The molecule has 2 heterocycles. The summed E-state index contributed by atoms with van der Waals surface area (Å²) in [4.78, 5) is 9.13. The lowest BCUT2D eigenvalue weighted by Crippen LogP contribution is -2.11. The summed E-state index contributed by atoms with van der Waals surface area (Å²) in [7, 11) is 0. The Morgan fingerprint density at radius 1 is 1.39 bits per heavy atom. The fourth-order valence-corrected chi connectivity index (χ4v) is 2.40. The van der Waals surface area contributed by atoms with Crippen molar-refractivity contribution in [3.05, 3.63) is 16.0 Å². The summed E-state index contributed by atoms with van der Waals surface area (Å²) in [5, 5.41) is 3.32. The van der Waals surface area contributed by atoms with E-state index in [2.05, 4.69) is 45.1 Å². The van der Waals surface area contributed by atoms with E-state index in [1.54, 1.807) is 0 Å². The van der Waals surface area contributed by atoms with Gasteiger partial charge in [0.1, 0.15) is 11.9 Å². The Morgan fingerprint density at radius 2 is 2.17 bits per heavy atom. The minimum absolute atomic E-state index is 0.0500. The van der Waals surface area contributed by atoms with Crippen molar-refractivity contribution in [3.8, 4) is 0 Å². The van der Waals surface area contributed by atoms with Gasteiger partial charge >= 0.3 is 0 Å². The minimum atomic E-state index is 0.0500. The van der Waals surface area contributed by atoms with Crippen LogP contribution in [0.3, 0.4) is 0 Å². The van der Waals surface area contributed by atoms with Crippen molar-refractivity contribution in [2.45, 2.75) is 52.2 Å². The molecule has 0 bridgehead atoms. The summed E-state index contributed by atoms with van der Waals surface area (Å²) in [6, 6.07) is 0. The summed E-state index contributed by atoms with van der Waals surface area (Å²) in [5.74, 6) is 1.68. The number of rotatable bonds is 4. The molecule has 18 heavy (non-hydrogen) atoms. The van der Waals surface area contributed by atoms with Crippen LogP contribution in [0.4, 0.5) is 5.82 Å². The van der Waals surface area contributed by atoms with E-state index in [0.29, 0.717) is 6.10 Å². The van der Waals surface area contributed by atoms with E-state index in [1.807, 2.05) is 6.92 Å². The monoisotopic (exact) mass is 313 g/mol. The SMILES string of the molecule is CCCNc1nc(C2CCC(C)O2)nc(C)c1Br. The maximum absolute atomic E-state index is 5.83. The third-order valence-electron chi connectivity index (χ3n) is 3.10. The molecule has 0 radical (unpaired) electrons. The molecule has 1 saturated heterocycles. The summed E-state index contributed by atoms with van der Waals surface area (Å²) in [6.07, 6.45) is 3.53. The van der Waals surface area contributed by atoms with Gasteiger partial charge in [-0.3, -0.25) is 0 Å². The smallest absolute Gasteiger partial charge is 0.159 e. The van der Waals surface area contributed by atoms with Crippen LogP contribution < -0.4 is 5.32 Å². The Balaban J connectivity index is 2.23. The quantitative estimate of drug-likeness (QED) is 0.922. The van der Waals surface area contributed by atoms with E-state index in [1.165, 1.54) is 0 Å². The van der Waals surface area contributed by atoms with Crippen LogP contribution in [0.5, 0.6) is 0 Å². The predicted molar refractivity (Wildman–Crippen MR) is 75.8 cm³/mol. The van der Waals surface area contributed by atoms with Crippen molar-refractivity contribution in [2.24, 2.45) is 0 Å². The van der Waals surface area contributed by atoms with Crippen molar-refractivity contribution in [3.63, 3.8) is 0 Å². The fourth-order valence-electron chi connectivity index (χ4n) is 2.08. The van der Waals surface area contributed by atoms with E-state index in [0.717, 1.165) is 47.6 Å². The van der Waals surface area contributed by atoms with Crippen molar-refractivity contribution in [1.82, 2.24) is 9.97 Å². The largest absolute Gasteiger partial charge is 0.369 e. The number of nitrogens with zero attached hydrogens (tertiary/aromatic N) is 2. The van der Waals surface area contributed by atoms with Crippen LogP contribution in [0, 0.1) is 6.92 Å². The summed E-state index contributed by atoms with van der Waals surface area (Å²) in [6.45, 7) is 7.14. The number of hydrogen-bond acceptors (Lipinski definition) is 4. The van der Waals surface area contributed by atoms with Crippen molar-refractivity contribution >= 4 is 21.7 Å². The van der Waals surface area contributed by atoms with Gasteiger partial charge in [-0.05, 0) is 49.0 Å². The molecule has 1 aliphatic heterocycles. The van der Waals surface area contributed by atoms with Crippen molar-refractivity contribution in [1.29, 1.82) is 0 Å². The van der Waals surface area contributed by atoms with E-state index < -0.39 is 0 Å². The molecule has 0 spiro atoms. The van der Waals surface area contributed by atoms with Crippen molar-refractivity contribution < 1.29 is 4.74 Å². The Hall–Kier alpha value is -0.680. The molecule has 0 aliphatic carbocycles. The molecule has 5 heteroatoms. The molecule has 2 rings (SSSR count). The lowest BCUT2D eigenvalue weighted by Gasteiger charge is -2.14. The number of anilines is 1. The van der Waals surface area contributed by atoms with Gasteiger partial charge in [-0.2, -0.15) is 0 Å². The molecule has 2 unspecified atom stereocenters. The normalized spacial score (nSPS) is 23.3. The molecule has 100 valence electrons. The van der Waals surface area contributed by atoms with Crippen LogP contribution in [0.15, 0.2) is 4.47 Å². The molecule has 0 saturated carbocycles. The van der Waals surface area contributed by atoms with Gasteiger partial charge in [-0.25, -0.2) is 9.97 Å². The molecule has 1 aromatic heterocycles. The zero-order chi connectivity index (χ0) is 13.1. The topological polar surface area (TPSA) is 47.0 Å². The fraction of sp³-hybridized carbons (Fsp3) is 0.692. The van der Waals surface area contributed by atoms with E-state index in [-0.39, 0.29) is 6.10 Å². The third-order valence-corrected chi connectivity index (χ3v) is 4.05. The number of hydrogen-bond donors (Lipinski definition) is 1. The Morgan fingerprint density at radius 3 is 2.78 bits per heavy atom. The predicted octanol–water partition coefficient (Wildman–Crippen LogP) is 3.61. The second-order valence-electron chi connectivity index (χ2n) is 4.77. The lowest BCUT2D eigenvalue weighted by atomic mass is 10.2. The molecule has 1 aliphatic rings. The Labute approximate surface area is 117 Å². The third kappa shape index (κ3) is 3.01. The second-order valence-corrected chi connectivity index (χ2v) is 5.56. The molecule has 1 fully saturated rings. The highest BCUT2D eigenvalue weighted by atomic mass is 79.9. The number of aromatic nitrogens is 2. The van der Waals surface area contributed by atoms with Crippen LogP contribution in [0.25, 0.3) is 0 Å². The van der Waals surface area contributed by atoms with Gasteiger partial charge in [0.05, 0.1) is 16.3 Å². The summed E-state index contributed by atoms with van der Waals surface area (Å²) < 4.78 is 6.78. The summed E-state index contributed by atoms with van der Waals surface area (Å²) >= 11 is 3.54. The van der Waals surface area contributed by atoms with Crippen LogP contribution in [-0.4, -0.2) is 22.6 Å². The van der Waals surface area contributed by atoms with Gasteiger partial charge in [0.25, 0.3) is 0 Å². The molecule has 4 nitrogen and oxygen atoms in total. The highest BCUT2D eigenvalue weighted by Crippen LogP contribution is 2.33. The first-order valence-corrected chi connectivity index (χ1v) is 7.34.